The predicted octanol–water partition coefficient (Wildman–Crippen LogP) is 5.30. The molecule has 2 aromatic carbocycles. The number of carbonyl (C=O) groups is 1. The summed E-state index contributed by atoms with van der Waals surface area (Å²) in [6.45, 7) is 9.61. The van der Waals surface area contributed by atoms with Crippen LogP contribution in [0, 0.1) is 0 Å². The van der Waals surface area contributed by atoms with Crippen LogP contribution in [-0.4, -0.2) is 72.5 Å². The van der Waals surface area contributed by atoms with Crippen LogP contribution in [0.25, 0.3) is 0 Å². The van der Waals surface area contributed by atoms with Crippen molar-refractivity contribution in [2.24, 2.45) is 0 Å². The Kier molecular flexibility index (Phi) is 7.59. The second kappa shape index (κ2) is 11.4. The summed E-state index contributed by atoms with van der Waals surface area (Å²) in [4.78, 5) is 20.6. The van der Waals surface area contributed by atoms with E-state index in [0.717, 1.165) is 70.6 Å². The summed E-state index contributed by atoms with van der Waals surface area (Å²) in [5.41, 5.74) is 7.84. The van der Waals surface area contributed by atoms with Crippen molar-refractivity contribution in [2.45, 2.75) is 64.5 Å². The molecule has 0 radical (unpaired) electrons. The first-order valence-corrected chi connectivity index (χ1v) is 14.7. The average molecular weight is 515 g/mol. The zero-order valence-corrected chi connectivity index (χ0v) is 22.9. The van der Waals surface area contributed by atoms with E-state index in [1.807, 2.05) is 17.0 Å². The molecule has 202 valence electrons. The van der Waals surface area contributed by atoms with Gasteiger partial charge in [0.15, 0.2) is 0 Å². The number of piperidine rings is 1. The van der Waals surface area contributed by atoms with Crippen molar-refractivity contribution in [3.63, 3.8) is 0 Å². The Morgan fingerprint density at radius 3 is 2.58 bits per heavy atom. The van der Waals surface area contributed by atoms with Crippen LogP contribution in [-0.2, 0) is 13.0 Å². The number of hydrogen-bond donors (Lipinski definition) is 1. The van der Waals surface area contributed by atoms with Crippen molar-refractivity contribution in [2.75, 3.05) is 51.2 Å². The van der Waals surface area contributed by atoms with Gasteiger partial charge in [-0.3, -0.25) is 9.69 Å². The molecule has 2 fully saturated rings. The molecule has 2 aromatic rings. The number of likely N-dealkylation sites (tertiary alicyclic amines) is 1. The van der Waals surface area contributed by atoms with E-state index in [-0.39, 0.29) is 5.91 Å². The smallest absolute Gasteiger partial charge is 0.257 e. The predicted molar refractivity (Wildman–Crippen MR) is 153 cm³/mol. The van der Waals surface area contributed by atoms with E-state index in [1.165, 1.54) is 36.1 Å². The normalized spacial score (nSPS) is 20.2. The highest BCUT2D eigenvalue weighted by Crippen LogP contribution is 2.32. The Balaban J connectivity index is 1.02. The summed E-state index contributed by atoms with van der Waals surface area (Å²) in [7, 11) is 0. The van der Waals surface area contributed by atoms with Crippen LogP contribution in [0.2, 0.25) is 0 Å². The van der Waals surface area contributed by atoms with Crippen LogP contribution in [0.5, 0.6) is 5.75 Å². The number of hydrogen-bond acceptors (Lipinski definition) is 5. The molecule has 0 unspecified atom stereocenters. The molecule has 3 aliphatic heterocycles. The molecule has 6 nitrogen and oxygen atoms in total. The Bertz CT molecular complexity index is 1180. The number of anilines is 1. The molecule has 6 rings (SSSR count). The van der Waals surface area contributed by atoms with Crippen molar-refractivity contribution in [3.8, 4) is 5.75 Å². The third-order valence-electron chi connectivity index (χ3n) is 9.04. The van der Waals surface area contributed by atoms with Crippen LogP contribution in [0.4, 0.5) is 5.69 Å². The van der Waals surface area contributed by atoms with Crippen LogP contribution >= 0.6 is 0 Å². The molecule has 0 bridgehead atoms. The minimum absolute atomic E-state index is 0.0997. The first-order valence-electron chi connectivity index (χ1n) is 14.7. The highest BCUT2D eigenvalue weighted by molar-refractivity contribution is 5.98. The summed E-state index contributed by atoms with van der Waals surface area (Å²) in [5.74, 6) is 0.816. The second-order valence-electron chi connectivity index (χ2n) is 11.4. The topological polar surface area (TPSA) is 48.1 Å². The van der Waals surface area contributed by atoms with Gasteiger partial charge < -0.3 is 19.9 Å². The Morgan fingerprint density at radius 2 is 1.79 bits per heavy atom. The zero-order valence-electron chi connectivity index (χ0n) is 22.9. The van der Waals surface area contributed by atoms with Gasteiger partial charge in [0.1, 0.15) is 12.4 Å². The summed E-state index contributed by atoms with van der Waals surface area (Å²) >= 11 is 0. The average Bonchev–Trinajstić information content (AvgIpc) is 3.06. The number of carbonyl (C=O) groups excluding carboxylic acids is 1. The molecule has 6 heteroatoms. The summed E-state index contributed by atoms with van der Waals surface area (Å²) < 4.78 is 6.00. The molecule has 1 saturated heterocycles. The number of amides is 1. The Labute approximate surface area is 227 Å². The Hall–Kier alpha value is -2.99. The first kappa shape index (κ1) is 25.3. The summed E-state index contributed by atoms with van der Waals surface area (Å²) in [5, 5.41) is 3.72. The van der Waals surface area contributed by atoms with Gasteiger partial charge in [0.2, 0.25) is 0 Å². The first-order chi connectivity index (χ1) is 18.6. The van der Waals surface area contributed by atoms with Crippen molar-refractivity contribution in [1.29, 1.82) is 0 Å². The van der Waals surface area contributed by atoms with E-state index >= 15 is 0 Å². The Morgan fingerprint density at radius 1 is 0.974 bits per heavy atom. The molecule has 1 amide bonds. The number of rotatable bonds is 7. The molecule has 1 N–H and O–H groups in total. The van der Waals surface area contributed by atoms with Crippen LogP contribution in [0.3, 0.4) is 0 Å². The largest absolute Gasteiger partial charge is 0.491 e. The summed E-state index contributed by atoms with van der Waals surface area (Å²) in [6.07, 6.45) is 8.29. The van der Waals surface area contributed by atoms with E-state index in [0.29, 0.717) is 30.5 Å². The molecule has 4 aliphatic rings. The van der Waals surface area contributed by atoms with Gasteiger partial charge in [-0.2, -0.15) is 0 Å². The lowest BCUT2D eigenvalue weighted by Crippen LogP contribution is -2.39. The second-order valence-corrected chi connectivity index (χ2v) is 11.4. The molecule has 3 heterocycles. The van der Waals surface area contributed by atoms with Gasteiger partial charge in [0, 0.05) is 56.7 Å². The van der Waals surface area contributed by atoms with Crippen molar-refractivity contribution >= 4 is 11.6 Å². The van der Waals surface area contributed by atoms with Gasteiger partial charge >= 0.3 is 0 Å². The highest BCUT2D eigenvalue weighted by atomic mass is 16.5. The molecule has 0 spiro atoms. The summed E-state index contributed by atoms with van der Waals surface area (Å²) in [6, 6.07) is 15.3. The molecular formula is C32H42N4O2. The number of ether oxygens (including phenoxy) is 1. The fourth-order valence-corrected chi connectivity index (χ4v) is 6.43. The monoisotopic (exact) mass is 514 g/mol. The minimum Gasteiger partial charge on any atom is -0.491 e. The van der Waals surface area contributed by atoms with Crippen LogP contribution in [0.1, 0.15) is 66.9 Å². The standard InChI is InChI=1S/C32H42N4O2/c1-24(25-8-4-9-25)35-18-13-28(14-19-35)33-29-10-11-31-30(22-29)32(37)36(20-21-38-31)16-5-15-34-17-12-26-6-2-3-7-27(26)23-34/h2-3,6-7,10-11,22,28,33H,4-5,8-9,12-21,23H2,1H3. The van der Waals surface area contributed by atoms with Gasteiger partial charge in [-0.15, -0.1) is 0 Å². The molecule has 0 atom stereocenters. The fourth-order valence-electron chi connectivity index (χ4n) is 6.43. The molecule has 1 saturated carbocycles. The number of allylic oxidation sites excluding steroid dienone is 2. The van der Waals surface area contributed by atoms with Gasteiger partial charge in [0.05, 0.1) is 12.1 Å². The van der Waals surface area contributed by atoms with E-state index in [1.54, 1.807) is 5.57 Å². The van der Waals surface area contributed by atoms with E-state index in [4.69, 9.17) is 4.74 Å². The van der Waals surface area contributed by atoms with Crippen molar-refractivity contribution in [3.05, 3.63) is 70.4 Å². The van der Waals surface area contributed by atoms with Crippen LogP contribution < -0.4 is 10.1 Å². The highest BCUT2D eigenvalue weighted by Gasteiger charge is 2.26. The third-order valence-corrected chi connectivity index (χ3v) is 9.04. The number of nitrogens with one attached hydrogen (secondary N) is 1. The number of fused-ring (bicyclic) bond motifs is 2. The maximum absolute atomic E-state index is 13.5. The maximum atomic E-state index is 13.5. The fraction of sp³-hybridized carbons (Fsp3) is 0.531. The third kappa shape index (κ3) is 5.56. The van der Waals surface area contributed by atoms with Gasteiger partial charge in [0.25, 0.3) is 5.91 Å². The number of benzene rings is 2. The lowest BCUT2D eigenvalue weighted by atomic mass is 9.90. The SMILES string of the molecule is CC(=C1CCC1)N1CCC(Nc2ccc3c(c2)C(=O)N(CCCN2CCc4ccccc4C2)CCO3)CC1. The van der Waals surface area contributed by atoms with Crippen LogP contribution in [0.15, 0.2) is 53.7 Å². The van der Waals surface area contributed by atoms with E-state index in [2.05, 4.69) is 52.4 Å². The molecule has 1 aliphatic carbocycles. The zero-order chi connectivity index (χ0) is 25.9. The maximum Gasteiger partial charge on any atom is 0.257 e. The molecule has 0 aromatic heterocycles. The van der Waals surface area contributed by atoms with Crippen molar-refractivity contribution in [1.82, 2.24) is 14.7 Å². The van der Waals surface area contributed by atoms with E-state index < -0.39 is 0 Å². The van der Waals surface area contributed by atoms with E-state index in [9.17, 15) is 4.79 Å². The number of nitrogens with zero attached hydrogens (tertiary/aromatic N) is 3. The minimum atomic E-state index is 0.0997. The quantitative estimate of drug-likeness (QED) is 0.543. The van der Waals surface area contributed by atoms with Gasteiger partial charge in [-0.05, 0) is 81.2 Å². The van der Waals surface area contributed by atoms with Gasteiger partial charge in [-0.1, -0.05) is 29.8 Å². The lowest BCUT2D eigenvalue weighted by Gasteiger charge is -2.37. The lowest BCUT2D eigenvalue weighted by molar-refractivity contribution is 0.0746. The van der Waals surface area contributed by atoms with Gasteiger partial charge in [-0.25, -0.2) is 0 Å². The van der Waals surface area contributed by atoms with Crippen molar-refractivity contribution < 1.29 is 9.53 Å². The molecule has 38 heavy (non-hydrogen) atoms. The molecular weight excluding hydrogens is 472 g/mol.